The molecule has 2 saturated heterocycles. The molecule has 2 aliphatic heterocycles. The molecule has 2 N–H and O–H groups in total. The van der Waals surface area contributed by atoms with Gasteiger partial charge in [0.2, 0.25) is 0 Å². The lowest BCUT2D eigenvalue weighted by Crippen LogP contribution is -2.35. The molecule has 0 spiro atoms. The lowest BCUT2D eigenvalue weighted by molar-refractivity contribution is 0.0779. The van der Waals surface area contributed by atoms with Crippen molar-refractivity contribution < 1.29 is 15.0 Å². The van der Waals surface area contributed by atoms with E-state index in [0.717, 1.165) is 19.6 Å². The van der Waals surface area contributed by atoms with Crippen LogP contribution in [-0.4, -0.2) is 65.3 Å². The summed E-state index contributed by atoms with van der Waals surface area (Å²) in [5.41, 5.74) is 0.481. The van der Waals surface area contributed by atoms with Gasteiger partial charge in [0.05, 0.1) is 5.02 Å². The number of carbonyl (C=O) groups excluding carboxylic acids is 1. The predicted octanol–water partition coefficient (Wildman–Crippen LogP) is 2.60. The maximum Gasteiger partial charge on any atom is 0.253 e. The molecule has 2 atom stereocenters. The maximum atomic E-state index is 12.8. The van der Waals surface area contributed by atoms with Gasteiger partial charge < -0.3 is 20.0 Å². The van der Waals surface area contributed by atoms with E-state index < -0.39 is 0 Å². The van der Waals surface area contributed by atoms with Crippen LogP contribution < -0.4 is 0 Å². The molecule has 0 radical (unpaired) electrons. The van der Waals surface area contributed by atoms with Crippen LogP contribution in [0.5, 0.6) is 5.75 Å². The van der Waals surface area contributed by atoms with Crippen molar-refractivity contribution in [2.45, 2.75) is 25.7 Å². The monoisotopic (exact) mass is 366 g/mol. The zero-order chi connectivity index (χ0) is 17.8. The van der Waals surface area contributed by atoms with Crippen LogP contribution in [0.1, 0.15) is 36.0 Å². The average molecular weight is 367 g/mol. The summed E-state index contributed by atoms with van der Waals surface area (Å²) < 4.78 is 0. The van der Waals surface area contributed by atoms with Gasteiger partial charge in [0, 0.05) is 37.7 Å². The van der Waals surface area contributed by atoms with Gasteiger partial charge in [0.1, 0.15) is 5.75 Å². The molecule has 138 valence electrons. The smallest absolute Gasteiger partial charge is 0.253 e. The number of benzene rings is 1. The van der Waals surface area contributed by atoms with Crippen LogP contribution in [0.2, 0.25) is 5.02 Å². The second kappa shape index (κ2) is 8.39. The zero-order valence-electron chi connectivity index (χ0n) is 14.5. The molecule has 0 bridgehead atoms. The molecule has 1 aromatic carbocycles. The average Bonchev–Trinajstić information content (AvgIpc) is 2.83. The van der Waals surface area contributed by atoms with E-state index in [9.17, 15) is 15.0 Å². The Bertz CT molecular complexity index is 602. The number of carbonyl (C=O) groups is 1. The highest BCUT2D eigenvalue weighted by Crippen LogP contribution is 2.29. The first-order chi connectivity index (χ1) is 12.1. The minimum Gasteiger partial charge on any atom is -0.506 e. The van der Waals surface area contributed by atoms with Crippen molar-refractivity contribution in [2.24, 2.45) is 11.8 Å². The van der Waals surface area contributed by atoms with Crippen molar-refractivity contribution in [2.75, 3.05) is 39.3 Å². The Kier molecular flexibility index (Phi) is 6.20. The van der Waals surface area contributed by atoms with Gasteiger partial charge in [-0.05, 0) is 50.0 Å². The predicted molar refractivity (Wildman–Crippen MR) is 98.0 cm³/mol. The second-order valence-corrected chi connectivity index (χ2v) is 7.70. The van der Waals surface area contributed by atoms with Crippen molar-refractivity contribution in [1.82, 2.24) is 9.80 Å². The summed E-state index contributed by atoms with van der Waals surface area (Å²) in [5.74, 6) is 0.324. The molecule has 2 heterocycles. The number of hydrogen-bond donors (Lipinski definition) is 2. The first-order valence-corrected chi connectivity index (χ1v) is 9.57. The molecule has 25 heavy (non-hydrogen) atoms. The number of amides is 1. The fourth-order valence-electron chi connectivity index (χ4n) is 3.99. The van der Waals surface area contributed by atoms with Gasteiger partial charge in [-0.15, -0.1) is 0 Å². The SMILES string of the molecule is O=C(c1ccc(O)c(Cl)c1)N1C[C@@H](CO)[C@@H](CN2CCCCCC2)C1. The van der Waals surface area contributed by atoms with Gasteiger partial charge in [0.25, 0.3) is 5.91 Å². The first kappa shape index (κ1) is 18.5. The van der Waals surface area contributed by atoms with E-state index in [-0.39, 0.29) is 29.2 Å². The Morgan fingerprint density at radius 1 is 1.12 bits per heavy atom. The van der Waals surface area contributed by atoms with Crippen LogP contribution in [0.15, 0.2) is 18.2 Å². The van der Waals surface area contributed by atoms with Crippen LogP contribution in [0, 0.1) is 11.8 Å². The van der Waals surface area contributed by atoms with E-state index >= 15 is 0 Å². The number of likely N-dealkylation sites (tertiary alicyclic amines) is 2. The molecule has 1 aromatic rings. The second-order valence-electron chi connectivity index (χ2n) is 7.29. The Balaban J connectivity index is 1.65. The highest BCUT2D eigenvalue weighted by atomic mass is 35.5. The fraction of sp³-hybridized carbons (Fsp3) is 0.632. The minimum atomic E-state index is -0.0845. The molecule has 3 rings (SSSR count). The number of nitrogens with zero attached hydrogens (tertiary/aromatic N) is 2. The number of aromatic hydroxyl groups is 1. The van der Waals surface area contributed by atoms with Crippen molar-refractivity contribution >= 4 is 17.5 Å². The maximum absolute atomic E-state index is 12.8. The van der Waals surface area contributed by atoms with Crippen LogP contribution >= 0.6 is 11.6 Å². The Morgan fingerprint density at radius 2 is 1.80 bits per heavy atom. The fourth-order valence-corrected chi connectivity index (χ4v) is 4.17. The third kappa shape index (κ3) is 4.46. The highest BCUT2D eigenvalue weighted by molar-refractivity contribution is 6.32. The molecule has 0 saturated carbocycles. The number of hydrogen-bond acceptors (Lipinski definition) is 4. The summed E-state index contributed by atoms with van der Waals surface area (Å²) in [6.45, 7) is 4.54. The van der Waals surface area contributed by atoms with E-state index in [2.05, 4.69) is 4.90 Å². The summed E-state index contributed by atoms with van der Waals surface area (Å²) in [7, 11) is 0. The Morgan fingerprint density at radius 3 is 2.44 bits per heavy atom. The molecule has 0 aliphatic carbocycles. The number of halogens is 1. The van der Waals surface area contributed by atoms with E-state index in [1.54, 1.807) is 6.07 Å². The van der Waals surface area contributed by atoms with E-state index in [1.807, 2.05) is 4.90 Å². The summed E-state index contributed by atoms with van der Waals surface area (Å²) >= 11 is 5.93. The number of aliphatic hydroxyl groups is 1. The molecule has 0 unspecified atom stereocenters. The highest BCUT2D eigenvalue weighted by Gasteiger charge is 2.36. The van der Waals surface area contributed by atoms with Gasteiger partial charge in [-0.1, -0.05) is 24.4 Å². The summed E-state index contributed by atoms with van der Waals surface area (Å²) in [5, 5.41) is 19.5. The van der Waals surface area contributed by atoms with Gasteiger partial charge in [-0.3, -0.25) is 4.79 Å². The van der Waals surface area contributed by atoms with Crippen LogP contribution in [0.3, 0.4) is 0 Å². The van der Waals surface area contributed by atoms with Crippen LogP contribution in [0.4, 0.5) is 0 Å². The Hall–Kier alpha value is -1.30. The largest absolute Gasteiger partial charge is 0.506 e. The topological polar surface area (TPSA) is 64.0 Å². The van der Waals surface area contributed by atoms with Gasteiger partial charge in [0.15, 0.2) is 0 Å². The molecule has 2 aliphatic rings. The van der Waals surface area contributed by atoms with Gasteiger partial charge in [-0.2, -0.15) is 0 Å². The lowest BCUT2D eigenvalue weighted by Gasteiger charge is -2.26. The summed E-state index contributed by atoms with van der Waals surface area (Å²) in [6, 6.07) is 4.55. The number of rotatable bonds is 4. The van der Waals surface area contributed by atoms with Crippen LogP contribution in [0.25, 0.3) is 0 Å². The third-order valence-corrected chi connectivity index (χ3v) is 5.79. The van der Waals surface area contributed by atoms with E-state index in [4.69, 9.17) is 11.6 Å². The molecule has 6 heteroatoms. The first-order valence-electron chi connectivity index (χ1n) is 9.19. The third-order valence-electron chi connectivity index (χ3n) is 5.48. The normalized spacial score (nSPS) is 25.1. The summed E-state index contributed by atoms with van der Waals surface area (Å²) in [6.07, 6.45) is 5.09. The van der Waals surface area contributed by atoms with Crippen LogP contribution in [-0.2, 0) is 0 Å². The van der Waals surface area contributed by atoms with Crippen molar-refractivity contribution in [1.29, 1.82) is 0 Å². The molecule has 1 amide bonds. The molecular weight excluding hydrogens is 340 g/mol. The molecule has 5 nitrogen and oxygen atoms in total. The molecule has 2 fully saturated rings. The molecular formula is C19H27ClN2O3. The number of phenolic OH excluding ortho intramolecular Hbond substituents is 1. The number of aliphatic hydroxyl groups excluding tert-OH is 1. The zero-order valence-corrected chi connectivity index (χ0v) is 15.3. The quantitative estimate of drug-likeness (QED) is 0.859. The Labute approximate surface area is 154 Å². The van der Waals surface area contributed by atoms with Gasteiger partial charge in [-0.25, -0.2) is 0 Å². The van der Waals surface area contributed by atoms with Gasteiger partial charge >= 0.3 is 0 Å². The van der Waals surface area contributed by atoms with Crippen molar-refractivity contribution in [3.05, 3.63) is 28.8 Å². The van der Waals surface area contributed by atoms with E-state index in [0.29, 0.717) is 24.6 Å². The van der Waals surface area contributed by atoms with Crippen molar-refractivity contribution in [3.8, 4) is 5.75 Å². The van der Waals surface area contributed by atoms with Crippen molar-refractivity contribution in [3.63, 3.8) is 0 Å². The number of phenols is 1. The minimum absolute atomic E-state index is 0.0214. The lowest BCUT2D eigenvalue weighted by atomic mass is 9.96. The molecule has 0 aromatic heterocycles. The standard InChI is InChI=1S/C19H27ClN2O3/c20-17-9-14(5-6-18(17)24)19(25)22-11-15(16(12-22)13-23)10-21-7-3-1-2-4-8-21/h5-6,9,15-16,23-24H,1-4,7-8,10-13H2/t15-,16-/m0/s1. The van der Waals surface area contributed by atoms with E-state index in [1.165, 1.54) is 37.8 Å². The summed E-state index contributed by atoms with van der Waals surface area (Å²) in [4.78, 5) is 17.1.